The molecule has 5 heterocycles. The molecule has 4 aromatic rings. The monoisotopic (exact) mass is 672 g/mol. The second-order valence-electron chi connectivity index (χ2n) is 15.0. The van der Waals surface area contributed by atoms with Gasteiger partial charge in [-0.3, -0.25) is 4.79 Å². The number of nitrogens with zero attached hydrogens (tertiary/aromatic N) is 4. The van der Waals surface area contributed by atoms with E-state index >= 15 is 8.78 Å². The zero-order valence-corrected chi connectivity index (χ0v) is 27.2. The average molecular weight is 673 g/mol. The molecule has 3 aromatic carbocycles. The topological polar surface area (TPSA) is 103 Å². The fraction of sp³-hybridized carbons (Fsp3) is 0.486. The lowest BCUT2D eigenvalue weighted by atomic mass is 9.77. The van der Waals surface area contributed by atoms with Crippen molar-refractivity contribution < 1.29 is 27.8 Å². The lowest BCUT2D eigenvalue weighted by Crippen LogP contribution is -2.51. The van der Waals surface area contributed by atoms with E-state index in [1.807, 2.05) is 0 Å². The van der Waals surface area contributed by atoms with Crippen molar-refractivity contribution in [2.45, 2.75) is 57.0 Å². The molecule has 9 nitrogen and oxygen atoms in total. The lowest BCUT2D eigenvalue weighted by Gasteiger charge is -2.38. The molecule has 3 N–H and O–H groups in total. The van der Waals surface area contributed by atoms with E-state index in [1.165, 1.54) is 24.3 Å². The quantitative estimate of drug-likeness (QED) is 0.244. The minimum absolute atomic E-state index is 0.00800. The molecule has 1 amide bonds. The number of likely N-dealkylation sites (tertiary alicyclic amines) is 1. The summed E-state index contributed by atoms with van der Waals surface area (Å²) >= 11 is 0. The van der Waals surface area contributed by atoms with Gasteiger partial charge in [-0.2, -0.15) is 9.97 Å². The molecule has 2 atom stereocenters. The molecule has 2 bridgehead atoms. The van der Waals surface area contributed by atoms with Gasteiger partial charge in [-0.1, -0.05) is 12.1 Å². The van der Waals surface area contributed by atoms with E-state index in [2.05, 4.69) is 25.4 Å². The summed E-state index contributed by atoms with van der Waals surface area (Å²) < 4.78 is 52.7. The van der Waals surface area contributed by atoms with Gasteiger partial charge in [0.2, 0.25) is 5.91 Å². The highest BCUT2D eigenvalue weighted by molar-refractivity contribution is 6.01. The SMILES string of the molecule is O=C1NCCC12CCN(CC1(COc3nc(N4CC5CCC(C4)N5)c4ccc(-c5cc(O)cc6ccc(F)c(F)c56)c(F)c4n3)CC1)CC2. The predicted molar refractivity (Wildman–Crippen MR) is 179 cm³/mol. The van der Waals surface area contributed by atoms with Gasteiger partial charge in [0.25, 0.3) is 0 Å². The summed E-state index contributed by atoms with van der Waals surface area (Å²) in [4.78, 5) is 26.6. The zero-order chi connectivity index (χ0) is 33.5. The van der Waals surface area contributed by atoms with Crippen molar-refractivity contribution in [2.75, 3.05) is 50.8 Å². The lowest BCUT2D eigenvalue weighted by molar-refractivity contribution is -0.130. The summed E-state index contributed by atoms with van der Waals surface area (Å²) in [6.07, 6.45) is 6.77. The molecular weight excluding hydrogens is 633 g/mol. The van der Waals surface area contributed by atoms with Crippen LogP contribution in [0.25, 0.3) is 32.8 Å². The third-order valence-corrected chi connectivity index (χ3v) is 11.8. The Balaban J connectivity index is 1.05. The first-order valence-corrected chi connectivity index (χ1v) is 17.5. The molecule has 9 rings (SSSR count). The number of amides is 1. The third-order valence-electron chi connectivity index (χ3n) is 11.8. The molecule has 12 heteroatoms. The number of anilines is 1. The maximum absolute atomic E-state index is 16.8. The predicted octanol–water partition coefficient (Wildman–Crippen LogP) is 5.27. The minimum atomic E-state index is -1.11. The molecule has 1 spiro atoms. The van der Waals surface area contributed by atoms with Gasteiger partial charge in [0.05, 0.1) is 12.0 Å². The van der Waals surface area contributed by atoms with Crippen LogP contribution < -0.4 is 20.3 Å². The van der Waals surface area contributed by atoms with Crippen molar-refractivity contribution in [2.24, 2.45) is 10.8 Å². The number of rotatable bonds is 7. The Bertz CT molecular complexity index is 1980. The number of aromatic nitrogens is 2. The van der Waals surface area contributed by atoms with Crippen LogP contribution in [0.2, 0.25) is 0 Å². The molecular formula is C37H39F3N6O3. The number of hydrogen-bond acceptors (Lipinski definition) is 8. The number of hydrogen-bond donors (Lipinski definition) is 3. The molecule has 4 saturated heterocycles. The number of piperidine rings is 1. The number of aromatic hydroxyl groups is 1. The molecule has 256 valence electrons. The van der Waals surface area contributed by atoms with Gasteiger partial charge in [-0.25, -0.2) is 13.2 Å². The van der Waals surface area contributed by atoms with Crippen LogP contribution in [0.15, 0.2) is 36.4 Å². The Kier molecular flexibility index (Phi) is 7.21. The second kappa shape index (κ2) is 11.4. The van der Waals surface area contributed by atoms with E-state index in [4.69, 9.17) is 9.72 Å². The number of halogens is 3. The summed E-state index contributed by atoms with van der Waals surface area (Å²) in [7, 11) is 0. The van der Waals surface area contributed by atoms with Crippen molar-refractivity contribution in [1.29, 1.82) is 0 Å². The molecule has 4 aliphatic heterocycles. The van der Waals surface area contributed by atoms with E-state index in [0.29, 0.717) is 43.0 Å². The molecule has 1 saturated carbocycles. The first kappa shape index (κ1) is 30.9. The number of nitrogens with one attached hydrogen (secondary N) is 2. The first-order chi connectivity index (χ1) is 23.7. The van der Waals surface area contributed by atoms with Crippen LogP contribution in [0.5, 0.6) is 11.8 Å². The maximum atomic E-state index is 16.8. The molecule has 1 aromatic heterocycles. The average Bonchev–Trinajstić information content (AvgIpc) is 3.66. The van der Waals surface area contributed by atoms with Crippen LogP contribution in [0.3, 0.4) is 0 Å². The first-order valence-electron chi connectivity index (χ1n) is 17.5. The van der Waals surface area contributed by atoms with E-state index in [-0.39, 0.29) is 55.9 Å². The minimum Gasteiger partial charge on any atom is -0.508 e. The molecule has 5 aliphatic rings. The molecule has 5 fully saturated rings. The summed E-state index contributed by atoms with van der Waals surface area (Å²) in [5, 5.41) is 17.7. The van der Waals surface area contributed by atoms with Crippen molar-refractivity contribution in [1.82, 2.24) is 25.5 Å². The van der Waals surface area contributed by atoms with Gasteiger partial charge >= 0.3 is 6.01 Å². The maximum Gasteiger partial charge on any atom is 0.319 e. The zero-order valence-electron chi connectivity index (χ0n) is 27.2. The highest BCUT2D eigenvalue weighted by Crippen LogP contribution is 2.48. The summed E-state index contributed by atoms with van der Waals surface area (Å²) in [6, 6.07) is 8.87. The van der Waals surface area contributed by atoms with Gasteiger partial charge in [-0.15, -0.1) is 0 Å². The number of phenols is 1. The second-order valence-corrected chi connectivity index (χ2v) is 15.0. The number of phenolic OH excluding ortho intramolecular Hbond substituents is 1. The highest BCUT2D eigenvalue weighted by atomic mass is 19.2. The number of fused-ring (bicyclic) bond motifs is 4. The van der Waals surface area contributed by atoms with Gasteiger partial charge in [0.1, 0.15) is 17.1 Å². The van der Waals surface area contributed by atoms with Crippen molar-refractivity contribution in [3.63, 3.8) is 0 Å². The van der Waals surface area contributed by atoms with Crippen LogP contribution in [0.4, 0.5) is 19.0 Å². The van der Waals surface area contributed by atoms with Gasteiger partial charge in [0, 0.05) is 60.0 Å². The van der Waals surface area contributed by atoms with E-state index in [9.17, 15) is 14.3 Å². The Morgan fingerprint density at radius 3 is 2.41 bits per heavy atom. The summed E-state index contributed by atoms with van der Waals surface area (Å²) in [5.74, 6) is -2.30. The summed E-state index contributed by atoms with van der Waals surface area (Å²) in [6.45, 7) is 5.19. The van der Waals surface area contributed by atoms with E-state index in [0.717, 1.165) is 77.2 Å². The van der Waals surface area contributed by atoms with Crippen molar-refractivity contribution in [3.05, 3.63) is 53.8 Å². The van der Waals surface area contributed by atoms with Crippen LogP contribution in [-0.2, 0) is 4.79 Å². The van der Waals surface area contributed by atoms with Crippen LogP contribution in [-0.4, -0.2) is 83.8 Å². The molecule has 49 heavy (non-hydrogen) atoms. The standard InChI is InChI=1S/C37H39F3N6O3/c38-28-6-1-21-15-24(47)16-27(29(21)31(28)40)25-4-5-26-32(30(25)39)43-35(44-33(26)46-17-22-2-3-23(18-46)42-22)49-20-36(7-8-36)19-45-13-10-37(11-14-45)9-12-41-34(37)48/h1,4-6,15-16,22-23,42,47H,2-3,7-14,17-20H2,(H,41,48). The van der Waals surface area contributed by atoms with E-state index < -0.39 is 17.5 Å². The van der Waals surface area contributed by atoms with E-state index in [1.54, 1.807) is 6.07 Å². The number of carbonyl (C=O) groups is 1. The van der Waals surface area contributed by atoms with Gasteiger partial charge < -0.3 is 30.3 Å². The Hall–Kier alpha value is -4.16. The number of ether oxygens (including phenoxy) is 1. The van der Waals surface area contributed by atoms with Crippen LogP contribution in [0.1, 0.15) is 44.9 Å². The van der Waals surface area contributed by atoms with Gasteiger partial charge in [0.15, 0.2) is 17.5 Å². The summed E-state index contributed by atoms with van der Waals surface area (Å²) in [5.41, 5.74) is -0.220. The molecule has 1 aliphatic carbocycles. The Morgan fingerprint density at radius 2 is 1.69 bits per heavy atom. The smallest absolute Gasteiger partial charge is 0.319 e. The largest absolute Gasteiger partial charge is 0.508 e. The Morgan fingerprint density at radius 1 is 0.918 bits per heavy atom. The fourth-order valence-electron chi connectivity index (χ4n) is 8.75. The van der Waals surface area contributed by atoms with Crippen LogP contribution in [0, 0.1) is 28.3 Å². The van der Waals surface area contributed by atoms with Gasteiger partial charge in [-0.05, 0) is 93.3 Å². The molecule has 2 unspecified atom stereocenters. The highest BCUT2D eigenvalue weighted by Gasteiger charge is 2.49. The number of piperazine rings is 1. The Labute approximate surface area is 281 Å². The fourth-order valence-corrected chi connectivity index (χ4v) is 8.75. The van der Waals surface area contributed by atoms with Crippen molar-refractivity contribution >= 4 is 33.4 Å². The van der Waals surface area contributed by atoms with Crippen LogP contribution >= 0.6 is 0 Å². The third kappa shape index (κ3) is 5.34. The normalized spacial score (nSPS) is 24.2. The molecule has 0 radical (unpaired) electrons. The van der Waals surface area contributed by atoms with Crippen molar-refractivity contribution in [3.8, 4) is 22.9 Å². The number of benzene rings is 3. The number of carbonyl (C=O) groups excluding carboxylic acids is 1.